The Morgan fingerprint density at radius 3 is 2.61 bits per heavy atom. The molecule has 0 spiro atoms. The third kappa shape index (κ3) is 6.37. The van der Waals surface area contributed by atoms with Crippen molar-refractivity contribution in [2.45, 2.75) is 26.2 Å². The number of fused-ring (bicyclic) bond motifs is 1. The Labute approximate surface area is 185 Å². The van der Waals surface area contributed by atoms with E-state index >= 15 is 0 Å². The summed E-state index contributed by atoms with van der Waals surface area (Å²) in [5, 5.41) is 2.85. The minimum absolute atomic E-state index is 0.251. The molecule has 7 nitrogen and oxygen atoms in total. The van der Waals surface area contributed by atoms with Gasteiger partial charge in [0.15, 0.2) is 0 Å². The molecule has 0 saturated heterocycles. The van der Waals surface area contributed by atoms with Crippen molar-refractivity contribution in [2.24, 2.45) is 0 Å². The van der Waals surface area contributed by atoms with Gasteiger partial charge in [-0.25, -0.2) is 8.42 Å². The molecule has 1 heterocycles. The van der Waals surface area contributed by atoms with Gasteiger partial charge in [0, 0.05) is 25.3 Å². The average Bonchev–Trinajstić information content (AvgIpc) is 2.75. The predicted octanol–water partition coefficient (Wildman–Crippen LogP) is 2.81. The first-order chi connectivity index (χ1) is 14.9. The molecule has 2 aromatic rings. The van der Waals surface area contributed by atoms with Gasteiger partial charge in [-0.3, -0.25) is 9.10 Å². The number of aryl methyl sites for hydroxylation is 1. The molecule has 0 unspecified atom stereocenters. The molecule has 0 aliphatic carbocycles. The topological polar surface area (TPSA) is 79.0 Å². The SMILES string of the molecule is CCOc1ccc(N(CC(=O)NCCCN2CCCc3ccccc32)S(C)(=O)=O)cc1. The van der Waals surface area contributed by atoms with Crippen LogP contribution in [-0.4, -0.2) is 53.4 Å². The monoisotopic (exact) mass is 445 g/mol. The maximum absolute atomic E-state index is 12.4. The van der Waals surface area contributed by atoms with Gasteiger partial charge >= 0.3 is 0 Å². The third-order valence-electron chi connectivity index (χ3n) is 5.26. The highest BCUT2D eigenvalue weighted by Crippen LogP contribution is 2.26. The second-order valence-corrected chi connectivity index (χ2v) is 9.53. The van der Waals surface area contributed by atoms with E-state index in [0.717, 1.165) is 42.9 Å². The number of carbonyl (C=O) groups excluding carboxylic acids is 1. The highest BCUT2D eigenvalue weighted by molar-refractivity contribution is 7.92. The van der Waals surface area contributed by atoms with Gasteiger partial charge in [0.05, 0.1) is 18.6 Å². The lowest BCUT2D eigenvalue weighted by Gasteiger charge is -2.31. The Hall–Kier alpha value is -2.74. The summed E-state index contributed by atoms with van der Waals surface area (Å²) in [6.45, 7) is 4.53. The van der Waals surface area contributed by atoms with E-state index in [9.17, 15) is 13.2 Å². The zero-order valence-electron chi connectivity index (χ0n) is 18.2. The number of para-hydroxylation sites is 1. The molecule has 168 valence electrons. The van der Waals surface area contributed by atoms with Crippen molar-refractivity contribution in [3.63, 3.8) is 0 Å². The van der Waals surface area contributed by atoms with Crippen molar-refractivity contribution in [3.05, 3.63) is 54.1 Å². The number of carbonyl (C=O) groups is 1. The van der Waals surface area contributed by atoms with E-state index in [1.54, 1.807) is 24.3 Å². The number of hydrogen-bond acceptors (Lipinski definition) is 5. The maximum Gasteiger partial charge on any atom is 0.240 e. The van der Waals surface area contributed by atoms with Gasteiger partial charge < -0.3 is 15.0 Å². The van der Waals surface area contributed by atoms with Crippen LogP contribution in [0.15, 0.2) is 48.5 Å². The number of anilines is 2. The second kappa shape index (κ2) is 10.5. The van der Waals surface area contributed by atoms with Crippen LogP contribution < -0.4 is 19.3 Å². The lowest BCUT2D eigenvalue weighted by atomic mass is 10.0. The molecule has 0 atom stereocenters. The summed E-state index contributed by atoms with van der Waals surface area (Å²) in [6, 6.07) is 15.1. The molecule has 1 aliphatic rings. The zero-order valence-corrected chi connectivity index (χ0v) is 19.0. The van der Waals surface area contributed by atoms with Crippen LogP contribution in [0.4, 0.5) is 11.4 Å². The molecule has 1 N–H and O–H groups in total. The van der Waals surface area contributed by atoms with Crippen molar-refractivity contribution in [3.8, 4) is 5.75 Å². The summed E-state index contributed by atoms with van der Waals surface area (Å²) in [4.78, 5) is 14.8. The van der Waals surface area contributed by atoms with E-state index in [4.69, 9.17) is 4.74 Å². The van der Waals surface area contributed by atoms with Gasteiger partial charge in [-0.05, 0) is 62.1 Å². The van der Waals surface area contributed by atoms with Gasteiger partial charge in [-0.2, -0.15) is 0 Å². The summed E-state index contributed by atoms with van der Waals surface area (Å²) in [5.41, 5.74) is 3.08. The first-order valence-corrected chi connectivity index (χ1v) is 12.5. The molecule has 1 aliphatic heterocycles. The first-order valence-electron chi connectivity index (χ1n) is 10.7. The molecule has 0 aromatic heterocycles. The second-order valence-electron chi connectivity index (χ2n) is 7.62. The van der Waals surface area contributed by atoms with Gasteiger partial charge in [0.25, 0.3) is 0 Å². The fourth-order valence-electron chi connectivity index (χ4n) is 3.80. The molecule has 3 rings (SSSR count). The zero-order chi connectivity index (χ0) is 22.3. The average molecular weight is 446 g/mol. The Morgan fingerprint density at radius 2 is 1.90 bits per heavy atom. The predicted molar refractivity (Wildman–Crippen MR) is 124 cm³/mol. The maximum atomic E-state index is 12.4. The van der Waals surface area contributed by atoms with E-state index in [1.807, 2.05) is 6.92 Å². The van der Waals surface area contributed by atoms with Crippen LogP contribution >= 0.6 is 0 Å². The molecule has 0 saturated carbocycles. The number of amides is 1. The van der Waals surface area contributed by atoms with Crippen molar-refractivity contribution >= 4 is 27.3 Å². The molecule has 2 aromatic carbocycles. The lowest BCUT2D eigenvalue weighted by molar-refractivity contribution is -0.119. The largest absolute Gasteiger partial charge is 0.494 e. The van der Waals surface area contributed by atoms with Gasteiger partial charge in [-0.15, -0.1) is 0 Å². The summed E-state index contributed by atoms with van der Waals surface area (Å²) >= 11 is 0. The lowest BCUT2D eigenvalue weighted by Crippen LogP contribution is -2.41. The van der Waals surface area contributed by atoms with E-state index in [-0.39, 0.29) is 12.5 Å². The van der Waals surface area contributed by atoms with Gasteiger partial charge in [0.1, 0.15) is 12.3 Å². The molecule has 8 heteroatoms. The first kappa shape index (κ1) is 22.9. The number of ether oxygens (including phenoxy) is 1. The van der Waals surface area contributed by atoms with Crippen molar-refractivity contribution in [1.82, 2.24) is 5.32 Å². The summed E-state index contributed by atoms with van der Waals surface area (Å²) in [5.74, 6) is 0.335. The Balaban J connectivity index is 1.51. The Bertz CT molecular complexity index is 977. The normalized spacial score (nSPS) is 13.4. The molecule has 31 heavy (non-hydrogen) atoms. The van der Waals surface area contributed by atoms with Crippen molar-refractivity contribution in [2.75, 3.05) is 48.2 Å². The van der Waals surface area contributed by atoms with Crippen molar-refractivity contribution < 1.29 is 17.9 Å². The van der Waals surface area contributed by atoms with Crippen LogP contribution in [0.1, 0.15) is 25.3 Å². The van der Waals surface area contributed by atoms with Crippen molar-refractivity contribution in [1.29, 1.82) is 0 Å². The summed E-state index contributed by atoms with van der Waals surface area (Å²) < 4.78 is 31.0. The number of rotatable bonds is 10. The van der Waals surface area contributed by atoms with Crippen LogP contribution in [0.2, 0.25) is 0 Å². The minimum Gasteiger partial charge on any atom is -0.494 e. The van der Waals surface area contributed by atoms with Crippen LogP contribution in [0.25, 0.3) is 0 Å². The van der Waals surface area contributed by atoms with E-state index in [2.05, 4.69) is 34.5 Å². The third-order valence-corrected chi connectivity index (χ3v) is 6.40. The Morgan fingerprint density at radius 1 is 1.16 bits per heavy atom. The van der Waals surface area contributed by atoms with E-state index in [0.29, 0.717) is 24.6 Å². The molecule has 0 bridgehead atoms. The molecular weight excluding hydrogens is 414 g/mol. The standard InChI is InChI=1S/C23H31N3O4S/c1-3-30-21-13-11-20(12-14-21)26(31(2,28)29)18-23(27)24-15-7-17-25-16-6-9-19-8-4-5-10-22(19)25/h4-5,8,10-14H,3,6-7,9,15-18H2,1-2H3,(H,24,27). The molecular formula is C23H31N3O4S. The minimum atomic E-state index is -3.60. The van der Waals surface area contributed by atoms with Crippen LogP contribution in [0.3, 0.4) is 0 Å². The highest BCUT2D eigenvalue weighted by Gasteiger charge is 2.21. The quantitative estimate of drug-likeness (QED) is 0.569. The Kier molecular flexibility index (Phi) is 7.79. The fraction of sp³-hybridized carbons (Fsp3) is 0.435. The van der Waals surface area contributed by atoms with E-state index in [1.165, 1.54) is 11.3 Å². The highest BCUT2D eigenvalue weighted by atomic mass is 32.2. The van der Waals surface area contributed by atoms with Crippen LogP contribution in [0, 0.1) is 0 Å². The molecule has 0 radical (unpaired) electrons. The summed E-state index contributed by atoms with van der Waals surface area (Å²) in [6.07, 6.45) is 4.14. The number of sulfonamides is 1. The van der Waals surface area contributed by atoms with Crippen LogP contribution in [-0.2, 0) is 21.2 Å². The number of nitrogens with one attached hydrogen (secondary N) is 1. The summed E-state index contributed by atoms with van der Waals surface area (Å²) in [7, 11) is -3.60. The molecule has 1 amide bonds. The molecule has 0 fully saturated rings. The van der Waals surface area contributed by atoms with Gasteiger partial charge in [-0.1, -0.05) is 18.2 Å². The number of hydrogen-bond donors (Lipinski definition) is 1. The van der Waals surface area contributed by atoms with Gasteiger partial charge in [0.2, 0.25) is 15.9 Å². The number of benzene rings is 2. The smallest absolute Gasteiger partial charge is 0.240 e. The van der Waals surface area contributed by atoms with Crippen LogP contribution in [0.5, 0.6) is 5.75 Å². The van der Waals surface area contributed by atoms with E-state index < -0.39 is 10.0 Å². The number of nitrogens with zero attached hydrogens (tertiary/aromatic N) is 2. The fourth-order valence-corrected chi connectivity index (χ4v) is 4.66.